The highest BCUT2D eigenvalue weighted by Crippen LogP contribution is 2.39. The lowest BCUT2D eigenvalue weighted by atomic mass is 9.87. The number of ether oxygens (including phenoxy) is 2. The van der Waals surface area contributed by atoms with Crippen LogP contribution in [0, 0.1) is 12.7 Å². The number of halogens is 2. The van der Waals surface area contributed by atoms with Gasteiger partial charge in [-0.2, -0.15) is 12.7 Å². The van der Waals surface area contributed by atoms with Crippen molar-refractivity contribution in [2.24, 2.45) is 0 Å². The number of hydrogen-bond acceptors (Lipinski definition) is 11. The zero-order valence-corrected chi connectivity index (χ0v) is 32.7. The predicted octanol–water partition coefficient (Wildman–Crippen LogP) is 3.15. The van der Waals surface area contributed by atoms with Crippen LogP contribution in [0.15, 0.2) is 27.4 Å². The fourth-order valence-corrected chi connectivity index (χ4v) is 10.1. The van der Waals surface area contributed by atoms with Gasteiger partial charge in [-0.25, -0.2) is 13.9 Å². The molecule has 3 fully saturated rings. The van der Waals surface area contributed by atoms with Crippen molar-refractivity contribution in [1.29, 1.82) is 0 Å². The molecule has 1 unspecified atom stereocenters. The third-order valence-electron chi connectivity index (χ3n) is 11.4. The van der Waals surface area contributed by atoms with Crippen molar-refractivity contribution < 1.29 is 36.3 Å². The van der Waals surface area contributed by atoms with Gasteiger partial charge in [-0.05, 0) is 57.0 Å². The largest absolute Gasteiger partial charge is 0.422 e. The molecule has 7 rings (SSSR count). The lowest BCUT2D eigenvalue weighted by molar-refractivity contribution is -0.125. The van der Waals surface area contributed by atoms with Crippen molar-refractivity contribution in [1.82, 2.24) is 18.8 Å². The maximum atomic E-state index is 15.9. The molecule has 1 N–H and O–H groups in total. The summed E-state index contributed by atoms with van der Waals surface area (Å²) in [6.07, 6.45) is 2.39. The molecule has 3 aromatic rings. The van der Waals surface area contributed by atoms with Gasteiger partial charge in [0.15, 0.2) is 0 Å². The Labute approximate surface area is 318 Å². The van der Waals surface area contributed by atoms with E-state index < -0.39 is 39.0 Å². The van der Waals surface area contributed by atoms with Crippen LogP contribution in [0.25, 0.3) is 11.0 Å². The highest BCUT2D eigenvalue weighted by molar-refractivity contribution is 7.87. The fraction of sp³-hybridized carbons (Fsp3) is 0.541. The summed E-state index contributed by atoms with van der Waals surface area (Å²) in [5.74, 6) is -2.72. The summed E-state index contributed by atoms with van der Waals surface area (Å²) in [7, 11) is 2.66. The van der Waals surface area contributed by atoms with Crippen LogP contribution >= 0.6 is 11.6 Å². The number of rotatable bonds is 8. The summed E-state index contributed by atoms with van der Waals surface area (Å²) >= 11 is 6.94. The standard InChI is InChI=1S/C37H46ClFN6O8S/c1-22-30(43-13-12-42(4)23(17-43)19-51-5)16-28(38)32-24-8-11-44(18-27(24)36(48)53-33(22)32)35(47)25-15-31(41(2)3)26(14-29(25)39)34(46)40-54(49,50)45-10-7-6-9-37(45)20-52-21-37/h14-16,23H,6-13,17-21H2,1-5H3,(H,40,46). The lowest BCUT2D eigenvalue weighted by Crippen LogP contribution is -2.67. The lowest BCUT2D eigenvalue weighted by Gasteiger charge is -2.50. The highest BCUT2D eigenvalue weighted by atomic mass is 35.5. The van der Waals surface area contributed by atoms with E-state index in [9.17, 15) is 22.8 Å². The SMILES string of the molecule is COCC1CN(c2cc(Cl)c3c4c(c(=O)oc3c2C)CN(C(=O)c2cc(N(C)C)c(C(=O)NS(=O)(=O)N3CCCCC35COC5)cc2F)CC4)CCN1C. The minimum Gasteiger partial charge on any atom is -0.422 e. The summed E-state index contributed by atoms with van der Waals surface area (Å²) in [6, 6.07) is 4.19. The van der Waals surface area contributed by atoms with E-state index in [0.29, 0.717) is 47.5 Å². The second-order valence-corrected chi connectivity index (χ2v) is 17.0. The number of hydrogen-bond donors (Lipinski definition) is 1. The molecule has 1 atom stereocenters. The number of aryl methyl sites for hydroxylation is 1. The van der Waals surface area contributed by atoms with Crippen LogP contribution in [0.2, 0.25) is 5.02 Å². The molecule has 3 saturated heterocycles. The molecule has 5 heterocycles. The topological polar surface area (TPSA) is 145 Å². The molecule has 2 aromatic carbocycles. The molecule has 2 amide bonds. The Kier molecular flexibility index (Phi) is 10.5. The number of amides is 2. The third-order valence-corrected chi connectivity index (χ3v) is 13.3. The first-order valence-corrected chi connectivity index (χ1v) is 19.9. The predicted molar refractivity (Wildman–Crippen MR) is 202 cm³/mol. The Hall–Kier alpha value is -3.80. The van der Waals surface area contributed by atoms with Crippen LogP contribution in [-0.2, 0) is 32.6 Å². The second kappa shape index (κ2) is 14.7. The minimum atomic E-state index is -4.29. The number of piperazine rings is 1. The van der Waals surface area contributed by atoms with E-state index >= 15 is 4.39 Å². The smallest absolute Gasteiger partial charge is 0.341 e. The Morgan fingerprint density at radius 1 is 1.09 bits per heavy atom. The van der Waals surface area contributed by atoms with Crippen LogP contribution in [0.5, 0.6) is 0 Å². The first kappa shape index (κ1) is 38.5. The quantitative estimate of drug-likeness (QED) is 0.336. The number of carbonyl (C=O) groups excluding carboxylic acids is 2. The number of methoxy groups -OCH3 is 1. The van der Waals surface area contributed by atoms with Crippen LogP contribution in [0.1, 0.15) is 56.7 Å². The van der Waals surface area contributed by atoms with Gasteiger partial charge in [0.25, 0.3) is 11.8 Å². The van der Waals surface area contributed by atoms with Gasteiger partial charge in [0.2, 0.25) is 0 Å². The molecule has 4 aliphatic heterocycles. The van der Waals surface area contributed by atoms with Crippen molar-refractivity contribution in [3.63, 3.8) is 0 Å². The zero-order valence-electron chi connectivity index (χ0n) is 31.2. The summed E-state index contributed by atoms with van der Waals surface area (Å²) in [6.45, 7) is 5.53. The molecule has 54 heavy (non-hydrogen) atoms. The maximum Gasteiger partial charge on any atom is 0.341 e. The Morgan fingerprint density at radius 3 is 2.54 bits per heavy atom. The highest BCUT2D eigenvalue weighted by Gasteiger charge is 2.51. The number of fused-ring (bicyclic) bond motifs is 3. The van der Waals surface area contributed by atoms with E-state index in [2.05, 4.69) is 21.6 Å². The van der Waals surface area contributed by atoms with E-state index in [1.165, 1.54) is 20.2 Å². The van der Waals surface area contributed by atoms with Gasteiger partial charge in [0.05, 0.1) is 65.3 Å². The normalized spacial score (nSPS) is 20.5. The molecule has 4 aliphatic rings. The average Bonchev–Trinajstić information content (AvgIpc) is 3.12. The van der Waals surface area contributed by atoms with Crippen LogP contribution in [0.4, 0.5) is 15.8 Å². The number of anilines is 2. The molecule has 0 bridgehead atoms. The van der Waals surface area contributed by atoms with Gasteiger partial charge >= 0.3 is 15.8 Å². The average molecular weight is 789 g/mol. The van der Waals surface area contributed by atoms with E-state index in [-0.39, 0.29) is 67.7 Å². The summed E-state index contributed by atoms with van der Waals surface area (Å²) < 4.78 is 62.8. The summed E-state index contributed by atoms with van der Waals surface area (Å²) in [4.78, 5) is 48.3. The van der Waals surface area contributed by atoms with Gasteiger partial charge in [-0.15, -0.1) is 0 Å². The number of likely N-dealkylation sites (N-methyl/N-ethyl adjacent to an activating group) is 1. The number of nitrogens with zero attached hydrogens (tertiary/aromatic N) is 5. The molecule has 1 aromatic heterocycles. The molecular formula is C37H46ClFN6O8S. The van der Waals surface area contributed by atoms with E-state index in [1.54, 1.807) is 21.2 Å². The summed E-state index contributed by atoms with van der Waals surface area (Å²) in [5, 5.41) is 1.05. The number of benzene rings is 2. The minimum absolute atomic E-state index is 0.140. The number of carbonyl (C=O) groups is 2. The second-order valence-electron chi connectivity index (χ2n) is 15.0. The van der Waals surface area contributed by atoms with E-state index in [4.69, 9.17) is 25.5 Å². The Morgan fingerprint density at radius 2 is 1.85 bits per heavy atom. The first-order valence-electron chi connectivity index (χ1n) is 18.1. The molecule has 0 radical (unpaired) electrons. The summed E-state index contributed by atoms with van der Waals surface area (Å²) in [5.41, 5.74) is 1.28. The van der Waals surface area contributed by atoms with Crippen LogP contribution < -0.4 is 20.1 Å². The van der Waals surface area contributed by atoms with Crippen molar-refractivity contribution in [3.8, 4) is 0 Å². The van der Waals surface area contributed by atoms with E-state index in [0.717, 1.165) is 36.8 Å². The maximum absolute atomic E-state index is 15.9. The Balaban J connectivity index is 1.14. The molecule has 1 spiro atoms. The van der Waals surface area contributed by atoms with Crippen molar-refractivity contribution in [2.45, 2.75) is 50.7 Å². The van der Waals surface area contributed by atoms with Crippen molar-refractivity contribution >= 4 is 56.0 Å². The molecular weight excluding hydrogens is 743 g/mol. The Bertz CT molecular complexity index is 2180. The molecule has 292 valence electrons. The van der Waals surface area contributed by atoms with Gasteiger partial charge < -0.3 is 28.6 Å². The van der Waals surface area contributed by atoms with Gasteiger partial charge in [-0.3, -0.25) is 14.5 Å². The van der Waals surface area contributed by atoms with Crippen LogP contribution in [0.3, 0.4) is 0 Å². The van der Waals surface area contributed by atoms with Gasteiger partial charge in [0, 0.05) is 70.6 Å². The van der Waals surface area contributed by atoms with Crippen molar-refractivity contribution in [2.75, 3.05) is 90.6 Å². The molecule has 14 nitrogen and oxygen atoms in total. The zero-order chi connectivity index (χ0) is 38.7. The van der Waals surface area contributed by atoms with Crippen molar-refractivity contribution in [3.05, 3.63) is 67.3 Å². The molecule has 17 heteroatoms. The number of piperidine rings is 1. The number of nitrogens with one attached hydrogen (secondary N) is 1. The van der Waals surface area contributed by atoms with Crippen LogP contribution in [-0.4, -0.2) is 127 Å². The van der Waals surface area contributed by atoms with E-state index in [1.807, 2.05) is 13.0 Å². The van der Waals surface area contributed by atoms with Gasteiger partial charge in [-0.1, -0.05) is 18.0 Å². The third kappa shape index (κ3) is 6.74. The first-order chi connectivity index (χ1) is 25.7. The molecule has 0 aliphatic carbocycles. The monoisotopic (exact) mass is 788 g/mol. The fourth-order valence-electron chi connectivity index (χ4n) is 8.29. The molecule has 0 saturated carbocycles. The van der Waals surface area contributed by atoms with Gasteiger partial charge in [0.1, 0.15) is 11.4 Å².